The molecule has 0 aromatic heterocycles. The van der Waals surface area contributed by atoms with E-state index in [0.717, 1.165) is 12.8 Å². The zero-order valence-corrected chi connectivity index (χ0v) is 11.4. The summed E-state index contributed by atoms with van der Waals surface area (Å²) < 4.78 is 5.61. The van der Waals surface area contributed by atoms with Crippen LogP contribution in [0.1, 0.15) is 45.1 Å². The van der Waals surface area contributed by atoms with Crippen molar-refractivity contribution in [2.24, 2.45) is 0 Å². The van der Waals surface area contributed by atoms with Gasteiger partial charge in [-0.25, -0.2) is 0 Å². The van der Waals surface area contributed by atoms with E-state index >= 15 is 0 Å². The largest absolute Gasteiger partial charge is 0.390 e. The van der Waals surface area contributed by atoms with Crippen LogP contribution < -0.4 is 0 Å². The van der Waals surface area contributed by atoms with Crippen LogP contribution in [0.25, 0.3) is 0 Å². The first-order valence-electron chi connectivity index (χ1n) is 7.00. The lowest BCUT2D eigenvalue weighted by atomic mass is 9.74. The third-order valence-corrected chi connectivity index (χ3v) is 4.07. The van der Waals surface area contributed by atoms with Crippen molar-refractivity contribution in [3.05, 3.63) is 35.9 Å². The minimum absolute atomic E-state index is 0.0872. The molecule has 0 spiro atoms. The van der Waals surface area contributed by atoms with Crippen LogP contribution in [0.5, 0.6) is 0 Å². The summed E-state index contributed by atoms with van der Waals surface area (Å²) in [6.45, 7) is 4.46. The van der Waals surface area contributed by atoms with E-state index in [4.69, 9.17) is 4.74 Å². The fourth-order valence-corrected chi connectivity index (χ4v) is 3.03. The van der Waals surface area contributed by atoms with Gasteiger partial charge in [-0.2, -0.15) is 0 Å². The van der Waals surface area contributed by atoms with Crippen molar-refractivity contribution < 1.29 is 9.84 Å². The molecule has 1 aromatic rings. The zero-order valence-electron chi connectivity index (χ0n) is 11.4. The van der Waals surface area contributed by atoms with Crippen molar-refractivity contribution in [1.29, 1.82) is 0 Å². The Balaban J connectivity index is 2.17. The maximum absolute atomic E-state index is 10.6. The highest BCUT2D eigenvalue weighted by Gasteiger charge is 2.42. The highest BCUT2D eigenvalue weighted by molar-refractivity contribution is 5.28. The predicted molar refractivity (Wildman–Crippen MR) is 73.7 cm³/mol. The van der Waals surface area contributed by atoms with E-state index in [1.165, 1.54) is 18.4 Å². The molecular weight excluding hydrogens is 224 g/mol. The summed E-state index contributed by atoms with van der Waals surface area (Å²) >= 11 is 0. The Bertz CT molecular complexity index is 353. The summed E-state index contributed by atoms with van der Waals surface area (Å²) in [6, 6.07) is 10.4. The van der Waals surface area contributed by atoms with Gasteiger partial charge in [0.1, 0.15) is 0 Å². The first-order chi connectivity index (χ1) is 8.65. The van der Waals surface area contributed by atoms with Crippen LogP contribution in [0.2, 0.25) is 0 Å². The highest BCUT2D eigenvalue weighted by atomic mass is 16.5. The van der Waals surface area contributed by atoms with Gasteiger partial charge in [0.2, 0.25) is 0 Å². The van der Waals surface area contributed by atoms with Gasteiger partial charge < -0.3 is 9.84 Å². The van der Waals surface area contributed by atoms with Gasteiger partial charge in [0.05, 0.1) is 18.8 Å². The second kappa shape index (κ2) is 5.85. The Labute approximate surface area is 110 Å². The maximum atomic E-state index is 10.6. The van der Waals surface area contributed by atoms with Gasteiger partial charge in [0.25, 0.3) is 0 Å². The fraction of sp³-hybridized carbons (Fsp3) is 0.625. The molecular formula is C16H24O2. The monoisotopic (exact) mass is 248 g/mol. The molecule has 0 bridgehead atoms. The van der Waals surface area contributed by atoms with Crippen molar-refractivity contribution >= 4 is 0 Å². The molecule has 1 fully saturated rings. The first kappa shape index (κ1) is 13.6. The number of aliphatic hydroxyl groups excluding tert-OH is 1. The first-order valence-corrected chi connectivity index (χ1v) is 7.00. The van der Waals surface area contributed by atoms with Crippen LogP contribution in [-0.2, 0) is 10.2 Å². The van der Waals surface area contributed by atoms with Crippen molar-refractivity contribution in [3.8, 4) is 0 Å². The topological polar surface area (TPSA) is 29.5 Å². The second-order valence-electron chi connectivity index (χ2n) is 5.63. The molecule has 1 atom stereocenters. The number of hydrogen-bond acceptors (Lipinski definition) is 2. The summed E-state index contributed by atoms with van der Waals surface area (Å²) in [7, 11) is 0. The Morgan fingerprint density at radius 2 is 1.78 bits per heavy atom. The van der Waals surface area contributed by atoms with Gasteiger partial charge >= 0.3 is 0 Å². The van der Waals surface area contributed by atoms with Crippen molar-refractivity contribution in [1.82, 2.24) is 0 Å². The van der Waals surface area contributed by atoms with E-state index in [0.29, 0.717) is 6.61 Å². The fourth-order valence-electron chi connectivity index (χ4n) is 3.03. The van der Waals surface area contributed by atoms with Gasteiger partial charge in [0, 0.05) is 5.41 Å². The Morgan fingerprint density at radius 3 is 2.33 bits per heavy atom. The van der Waals surface area contributed by atoms with Crippen molar-refractivity contribution in [2.75, 3.05) is 6.61 Å². The van der Waals surface area contributed by atoms with Crippen LogP contribution in [0.4, 0.5) is 0 Å². The number of benzene rings is 1. The van der Waals surface area contributed by atoms with E-state index < -0.39 is 6.10 Å². The molecule has 1 aliphatic rings. The lowest BCUT2D eigenvalue weighted by Gasteiger charge is -2.35. The molecule has 100 valence electrons. The Hall–Kier alpha value is -0.860. The Kier molecular flexibility index (Phi) is 4.41. The average Bonchev–Trinajstić information content (AvgIpc) is 2.87. The summed E-state index contributed by atoms with van der Waals surface area (Å²) in [5.74, 6) is 0. The number of aliphatic hydroxyl groups is 1. The molecule has 0 heterocycles. The molecule has 2 rings (SSSR count). The molecule has 2 nitrogen and oxygen atoms in total. The second-order valence-corrected chi connectivity index (χ2v) is 5.63. The van der Waals surface area contributed by atoms with E-state index in [2.05, 4.69) is 24.3 Å². The molecule has 18 heavy (non-hydrogen) atoms. The highest BCUT2D eigenvalue weighted by Crippen LogP contribution is 2.43. The molecule has 0 radical (unpaired) electrons. The van der Waals surface area contributed by atoms with Gasteiger partial charge in [0.15, 0.2) is 0 Å². The molecule has 1 N–H and O–H groups in total. The molecule has 1 unspecified atom stereocenters. The molecule has 1 aliphatic carbocycles. The normalized spacial score (nSPS) is 20.2. The summed E-state index contributed by atoms with van der Waals surface area (Å²) in [4.78, 5) is 0. The summed E-state index contributed by atoms with van der Waals surface area (Å²) in [6.07, 6.45) is 4.32. The molecule has 0 saturated heterocycles. The Morgan fingerprint density at radius 1 is 1.17 bits per heavy atom. The minimum atomic E-state index is -0.398. The van der Waals surface area contributed by atoms with Gasteiger partial charge in [-0.3, -0.25) is 0 Å². The third kappa shape index (κ3) is 2.76. The minimum Gasteiger partial charge on any atom is -0.390 e. The van der Waals surface area contributed by atoms with Crippen LogP contribution in [-0.4, -0.2) is 23.9 Å². The zero-order chi connectivity index (χ0) is 13.0. The molecule has 1 saturated carbocycles. The smallest absolute Gasteiger partial charge is 0.0870 e. The van der Waals surface area contributed by atoms with Gasteiger partial charge in [-0.15, -0.1) is 0 Å². The van der Waals surface area contributed by atoms with Crippen molar-refractivity contribution in [2.45, 2.75) is 57.2 Å². The summed E-state index contributed by atoms with van der Waals surface area (Å²) in [5, 5.41) is 10.6. The lowest BCUT2D eigenvalue weighted by molar-refractivity contribution is -0.0300. The number of rotatable bonds is 5. The van der Waals surface area contributed by atoms with Gasteiger partial charge in [-0.1, -0.05) is 43.2 Å². The van der Waals surface area contributed by atoms with E-state index in [-0.39, 0.29) is 11.5 Å². The van der Waals surface area contributed by atoms with Crippen molar-refractivity contribution in [3.63, 3.8) is 0 Å². The molecule has 0 aliphatic heterocycles. The SMILES string of the molecule is CC(C)OCC(O)C1(c2ccccc2)CCCC1. The average molecular weight is 248 g/mol. The third-order valence-electron chi connectivity index (χ3n) is 4.07. The molecule has 0 amide bonds. The van der Waals surface area contributed by atoms with Crippen LogP contribution in [0, 0.1) is 0 Å². The molecule has 2 heteroatoms. The number of ether oxygens (including phenoxy) is 1. The van der Waals surface area contributed by atoms with Gasteiger partial charge in [-0.05, 0) is 32.3 Å². The maximum Gasteiger partial charge on any atom is 0.0870 e. The summed E-state index contributed by atoms with van der Waals surface area (Å²) in [5.41, 5.74) is 1.18. The van der Waals surface area contributed by atoms with Crippen LogP contribution >= 0.6 is 0 Å². The quantitative estimate of drug-likeness (QED) is 0.866. The van der Waals surface area contributed by atoms with E-state index in [1.807, 2.05) is 19.9 Å². The van der Waals surface area contributed by atoms with Crippen LogP contribution in [0.3, 0.4) is 0 Å². The lowest BCUT2D eigenvalue weighted by Crippen LogP contribution is -2.40. The van der Waals surface area contributed by atoms with Crippen LogP contribution in [0.15, 0.2) is 30.3 Å². The van der Waals surface area contributed by atoms with E-state index in [9.17, 15) is 5.11 Å². The number of hydrogen-bond donors (Lipinski definition) is 1. The predicted octanol–water partition coefficient (Wildman–Crippen LogP) is 3.28. The van der Waals surface area contributed by atoms with E-state index in [1.54, 1.807) is 0 Å². The molecule has 1 aromatic carbocycles. The standard InChI is InChI=1S/C16H24O2/c1-13(2)18-12-15(17)16(10-6-7-11-16)14-8-4-3-5-9-14/h3-5,8-9,13,15,17H,6-7,10-12H2,1-2H3.